The lowest BCUT2D eigenvalue weighted by atomic mass is 10.0. The van der Waals surface area contributed by atoms with E-state index in [2.05, 4.69) is 55.2 Å². The van der Waals surface area contributed by atoms with Gasteiger partial charge in [-0.1, -0.05) is 45.5 Å². The molecule has 7 heterocycles. The summed E-state index contributed by atoms with van der Waals surface area (Å²) >= 11 is 1.78. The maximum atomic E-state index is 16.8. The average Bonchev–Trinajstić information content (AvgIpc) is 4.00. The number of rotatable bonds is 11. The number of likely N-dealkylation sites (tertiary alicyclic amines) is 2. The molecule has 17 heteroatoms. The van der Waals surface area contributed by atoms with Crippen molar-refractivity contribution in [2.24, 2.45) is 23.5 Å². The van der Waals surface area contributed by atoms with Crippen LogP contribution >= 0.6 is 11.8 Å². The summed E-state index contributed by atoms with van der Waals surface area (Å²) in [6.07, 6.45) is 9.97. The van der Waals surface area contributed by atoms with Gasteiger partial charge in [-0.25, -0.2) is 14.2 Å². The molecule has 7 N–H and O–H groups in total. The topological polar surface area (TPSA) is 184 Å². The number of hydrogen-bond acceptors (Lipinski definition) is 11. The number of imidazole rings is 1. The van der Waals surface area contributed by atoms with Crippen LogP contribution in [0.25, 0.3) is 39.1 Å². The molecule has 15 nitrogen and oxygen atoms in total. The number of thioether (sulfide) groups is 1. The van der Waals surface area contributed by atoms with Gasteiger partial charge in [0.1, 0.15) is 29.6 Å². The van der Waals surface area contributed by atoms with Crippen LogP contribution in [0.4, 0.5) is 9.18 Å². The van der Waals surface area contributed by atoms with E-state index in [1.165, 1.54) is 26.0 Å². The fourth-order valence-electron chi connectivity index (χ4n) is 9.96. The second-order valence-electron chi connectivity index (χ2n) is 18.7. The predicted molar refractivity (Wildman–Crippen MR) is 243 cm³/mol. The number of benzene rings is 2. The third kappa shape index (κ3) is 7.53. The molecular weight excluding hydrogens is 836 g/mol. The van der Waals surface area contributed by atoms with Crippen LogP contribution in [-0.2, 0) is 14.3 Å². The minimum absolute atomic E-state index is 0.0149. The maximum Gasteiger partial charge on any atom is 0.407 e. The first kappa shape index (κ1) is 42.3. The minimum atomic E-state index is -0.702. The highest BCUT2D eigenvalue weighted by atomic mass is 32.2. The first-order chi connectivity index (χ1) is 30.9. The van der Waals surface area contributed by atoms with E-state index in [0.29, 0.717) is 47.4 Å². The van der Waals surface area contributed by atoms with Crippen LogP contribution in [0.1, 0.15) is 89.9 Å². The molecule has 2 aromatic carbocycles. The summed E-state index contributed by atoms with van der Waals surface area (Å²) < 4.78 is 30.6. The Kier molecular flexibility index (Phi) is 11.0. The Morgan fingerprint density at radius 2 is 1.75 bits per heavy atom. The molecular formula is C47H57FN10O5S. The molecule has 3 amide bonds. The van der Waals surface area contributed by atoms with Crippen LogP contribution in [0.2, 0.25) is 0 Å². The Hall–Kier alpha value is -5.68. The van der Waals surface area contributed by atoms with Crippen LogP contribution in [0.5, 0.6) is 5.75 Å². The summed E-state index contributed by atoms with van der Waals surface area (Å²) in [6.45, 7) is 8.93. The standard InChI is InChI=1S/C47H57FN10O5S/c1-23(2)39(49)44(59)56-14-6-8-33(56)41-51-21-31(54-41)27-17-29(48)38-35-18-28-16-26(12-13-32(28)58(35)46(63-36(38)19-27)37-22-52-43(64-37)25-10-11-25)30-20-50-42(53-30)34-9-7-15-57(34)45(60)40(24(3)4)55-47(61)62-5/h12-13,16-25,33-34,39-40,42-43,46,50,52-53H,6-11,14-15,49H2,1-5H3,(H,51,54)(H,55,61)/t33-,34-,39-,40-,42?,43?,46-/m0/s1. The molecule has 4 aromatic rings. The highest BCUT2D eigenvalue weighted by Crippen LogP contribution is 2.52. The van der Waals surface area contributed by atoms with E-state index < -0.39 is 30.2 Å². The van der Waals surface area contributed by atoms with E-state index in [1.54, 1.807) is 18.0 Å². The van der Waals surface area contributed by atoms with Gasteiger partial charge >= 0.3 is 6.09 Å². The first-order valence-corrected chi connectivity index (χ1v) is 23.5. The summed E-state index contributed by atoms with van der Waals surface area (Å²) in [5.74, 6) is 0.970. The molecule has 1 aliphatic carbocycles. The van der Waals surface area contributed by atoms with E-state index >= 15 is 4.39 Å². The van der Waals surface area contributed by atoms with Crippen LogP contribution in [0.15, 0.2) is 59.9 Å². The van der Waals surface area contributed by atoms with Gasteiger partial charge in [-0.3, -0.25) is 14.2 Å². The van der Waals surface area contributed by atoms with E-state index in [4.69, 9.17) is 20.2 Å². The van der Waals surface area contributed by atoms with Gasteiger partial charge in [-0.15, -0.1) is 0 Å². The van der Waals surface area contributed by atoms with Crippen LogP contribution in [-0.4, -0.2) is 92.1 Å². The Balaban J connectivity index is 0.938. The van der Waals surface area contributed by atoms with Gasteiger partial charge in [-0.05, 0) is 92.2 Å². The van der Waals surface area contributed by atoms with Crippen molar-refractivity contribution in [3.63, 3.8) is 0 Å². The van der Waals surface area contributed by atoms with Crippen LogP contribution in [0, 0.1) is 23.6 Å². The number of nitrogens with one attached hydrogen (secondary N) is 5. The monoisotopic (exact) mass is 892 g/mol. The second kappa shape index (κ2) is 16.7. The van der Waals surface area contributed by atoms with Gasteiger partial charge in [0.2, 0.25) is 18.0 Å². The number of halogens is 1. The zero-order chi connectivity index (χ0) is 44.6. The summed E-state index contributed by atoms with van der Waals surface area (Å²) in [5, 5.41) is 14.6. The third-order valence-electron chi connectivity index (χ3n) is 13.7. The zero-order valence-electron chi connectivity index (χ0n) is 36.8. The molecule has 0 bridgehead atoms. The summed E-state index contributed by atoms with van der Waals surface area (Å²) in [5.41, 5.74) is 11.3. The lowest BCUT2D eigenvalue weighted by Gasteiger charge is -2.34. The molecule has 2 saturated heterocycles. The van der Waals surface area contributed by atoms with Crippen molar-refractivity contribution >= 4 is 46.3 Å². The molecule has 10 rings (SSSR count). The van der Waals surface area contributed by atoms with Crippen molar-refractivity contribution < 1.29 is 28.2 Å². The van der Waals surface area contributed by atoms with Crippen molar-refractivity contribution in [1.29, 1.82) is 0 Å². The van der Waals surface area contributed by atoms with Gasteiger partial charge in [0.05, 0.1) is 69.9 Å². The highest BCUT2D eigenvalue weighted by Gasteiger charge is 2.42. The zero-order valence-corrected chi connectivity index (χ0v) is 37.6. The molecule has 64 heavy (non-hydrogen) atoms. The second-order valence-corrected chi connectivity index (χ2v) is 19.9. The number of amides is 3. The number of H-pyrrole nitrogens is 1. The number of nitrogens with two attached hydrogens (primary N) is 1. The van der Waals surface area contributed by atoms with E-state index in [0.717, 1.165) is 58.4 Å². The highest BCUT2D eigenvalue weighted by molar-refractivity contribution is 8.03. The minimum Gasteiger partial charge on any atom is -0.464 e. The van der Waals surface area contributed by atoms with Crippen molar-refractivity contribution in [3.05, 3.63) is 77.1 Å². The van der Waals surface area contributed by atoms with E-state index in [1.807, 2.05) is 55.8 Å². The first-order valence-electron chi connectivity index (χ1n) is 22.7. The number of aromatic amines is 1. The van der Waals surface area contributed by atoms with E-state index in [-0.39, 0.29) is 47.3 Å². The maximum absolute atomic E-state index is 16.8. The van der Waals surface area contributed by atoms with Gasteiger partial charge in [0, 0.05) is 36.4 Å². The molecule has 0 spiro atoms. The van der Waals surface area contributed by atoms with E-state index in [9.17, 15) is 14.4 Å². The predicted octanol–water partition coefficient (Wildman–Crippen LogP) is 6.48. The number of carbonyl (C=O) groups excluding carboxylic acids is 3. The van der Waals surface area contributed by atoms with Crippen LogP contribution in [0.3, 0.4) is 0 Å². The number of fused-ring (bicyclic) bond motifs is 5. The molecule has 2 aromatic heterocycles. The largest absolute Gasteiger partial charge is 0.464 e. The smallest absolute Gasteiger partial charge is 0.407 e. The summed E-state index contributed by atoms with van der Waals surface area (Å²) in [7, 11) is 1.29. The van der Waals surface area contributed by atoms with Crippen molar-refractivity contribution in [1.82, 2.24) is 45.6 Å². The van der Waals surface area contributed by atoms with Gasteiger partial charge in [0.25, 0.3) is 0 Å². The Labute approximate surface area is 376 Å². The van der Waals surface area contributed by atoms with Gasteiger partial charge in [-0.2, -0.15) is 0 Å². The fourth-order valence-corrected chi connectivity index (χ4v) is 11.3. The molecule has 338 valence electrons. The van der Waals surface area contributed by atoms with Crippen molar-refractivity contribution in [2.75, 3.05) is 20.2 Å². The number of nitrogens with zero attached hydrogens (tertiary/aromatic N) is 4. The molecule has 0 radical (unpaired) electrons. The molecule has 2 unspecified atom stereocenters. The summed E-state index contributed by atoms with van der Waals surface area (Å²) in [4.78, 5) is 52.1. The number of alkyl carbamates (subject to hydrolysis) is 1. The lowest BCUT2D eigenvalue weighted by Crippen LogP contribution is -2.57. The summed E-state index contributed by atoms with van der Waals surface area (Å²) in [6, 6.07) is 10.0. The SMILES string of the molecule is COC(=O)N[C@H](C(=O)N1CCC[C@H]1C1NC=C(c2ccc3c(c2)cc2n3[C@H](C3=CNC(C4CC4)S3)Oc3cc(-c4cnc([C@@H]5CCCN5C(=O)[C@@H](N)C(C)C)[nH]4)cc(F)c3-2)N1)C(C)C. The Morgan fingerprint density at radius 1 is 0.953 bits per heavy atom. The number of hydrogen-bond donors (Lipinski definition) is 6. The molecule has 3 fully saturated rings. The molecule has 5 aliphatic heterocycles. The van der Waals surface area contributed by atoms with Gasteiger partial charge in [0.15, 0.2) is 0 Å². The molecule has 7 atom stereocenters. The van der Waals surface area contributed by atoms with Crippen molar-refractivity contribution in [2.45, 2.75) is 108 Å². The number of carbonyl (C=O) groups is 3. The molecule has 6 aliphatic rings. The number of ether oxygens (including phenoxy) is 2. The quantitative estimate of drug-likeness (QED) is 0.0970. The van der Waals surface area contributed by atoms with Crippen LogP contribution < -0.4 is 31.7 Å². The number of aromatic nitrogens is 3. The fraction of sp³-hybridized carbons (Fsp3) is 0.489. The number of methoxy groups -OCH3 is 1. The lowest BCUT2D eigenvalue weighted by molar-refractivity contribution is -0.136. The van der Waals surface area contributed by atoms with Crippen molar-refractivity contribution in [3.8, 4) is 28.3 Å². The molecule has 1 saturated carbocycles. The Bertz CT molecular complexity index is 2570. The normalized spacial score (nSPS) is 24.7. The Morgan fingerprint density at radius 3 is 2.52 bits per heavy atom. The van der Waals surface area contributed by atoms with Gasteiger partial charge < -0.3 is 51.3 Å². The average molecular weight is 893 g/mol. The third-order valence-corrected chi connectivity index (χ3v) is 15.1.